The molecule has 0 aliphatic heterocycles. The van der Waals surface area contributed by atoms with E-state index in [0.29, 0.717) is 6.54 Å². The van der Waals surface area contributed by atoms with Crippen LogP contribution in [0, 0.1) is 13.8 Å². The van der Waals surface area contributed by atoms with Gasteiger partial charge in [-0.05, 0) is 31.9 Å². The highest BCUT2D eigenvalue weighted by Gasteiger charge is 2.19. The Kier molecular flexibility index (Phi) is 7.03. The maximum atomic E-state index is 12.1. The molecule has 0 saturated heterocycles. The molecule has 124 valence electrons. The molecule has 0 aliphatic carbocycles. The number of benzene rings is 1. The summed E-state index contributed by atoms with van der Waals surface area (Å²) in [5.74, 6) is -0.311. The summed E-state index contributed by atoms with van der Waals surface area (Å²) in [6.07, 6.45) is 3.86. The van der Waals surface area contributed by atoms with Gasteiger partial charge >= 0.3 is 0 Å². The van der Waals surface area contributed by atoms with Gasteiger partial charge in [-0.3, -0.25) is 4.79 Å². The molecule has 1 aromatic carbocycles. The van der Waals surface area contributed by atoms with Crippen LogP contribution in [0.4, 0.5) is 5.69 Å². The first-order valence-electron chi connectivity index (χ1n) is 7.56. The molecule has 0 spiro atoms. The predicted molar refractivity (Wildman–Crippen MR) is 90.5 cm³/mol. The Morgan fingerprint density at radius 3 is 2.45 bits per heavy atom. The maximum Gasteiger partial charge on any atom is 0.239 e. The number of nitrogens with zero attached hydrogens (tertiary/aromatic N) is 1. The van der Waals surface area contributed by atoms with Gasteiger partial charge in [-0.25, -0.2) is 8.42 Å². The summed E-state index contributed by atoms with van der Waals surface area (Å²) in [6, 6.07) is 5.73. The van der Waals surface area contributed by atoms with Gasteiger partial charge in [0.2, 0.25) is 15.9 Å². The first-order chi connectivity index (χ1) is 10.2. The molecule has 1 amide bonds. The number of unbranched alkanes of at least 4 members (excludes halogenated alkanes) is 2. The number of sulfonamides is 1. The molecule has 0 heterocycles. The second-order valence-electron chi connectivity index (χ2n) is 5.67. The lowest BCUT2D eigenvalue weighted by Crippen LogP contribution is -2.38. The fraction of sp³-hybridized carbons (Fsp3) is 0.562. The number of carbonyl (C=O) groups excluding carboxylic acids is 1. The monoisotopic (exact) mass is 326 g/mol. The standard InChI is InChI=1S/C16H26N2O3S/c1-5-6-7-10-18(22(4,20)21)12-16(19)17-15-9-8-13(2)11-14(15)3/h8-9,11H,5-7,10,12H2,1-4H3,(H,17,19). The van der Waals surface area contributed by atoms with E-state index >= 15 is 0 Å². The quantitative estimate of drug-likeness (QED) is 0.747. The minimum absolute atomic E-state index is 0.143. The van der Waals surface area contributed by atoms with Gasteiger partial charge in [-0.1, -0.05) is 37.5 Å². The van der Waals surface area contributed by atoms with Crippen molar-refractivity contribution in [1.82, 2.24) is 4.31 Å². The van der Waals surface area contributed by atoms with Crippen molar-refractivity contribution >= 4 is 21.6 Å². The van der Waals surface area contributed by atoms with Crippen LogP contribution < -0.4 is 5.32 Å². The average molecular weight is 326 g/mol. The highest BCUT2D eigenvalue weighted by Crippen LogP contribution is 2.16. The second kappa shape index (κ2) is 8.29. The Morgan fingerprint density at radius 2 is 1.91 bits per heavy atom. The van der Waals surface area contributed by atoms with Gasteiger partial charge in [-0.15, -0.1) is 0 Å². The summed E-state index contributed by atoms with van der Waals surface area (Å²) in [4.78, 5) is 12.1. The van der Waals surface area contributed by atoms with Crippen LogP contribution in [0.15, 0.2) is 18.2 Å². The molecule has 0 atom stereocenters. The van der Waals surface area contributed by atoms with Crippen molar-refractivity contribution in [3.05, 3.63) is 29.3 Å². The van der Waals surface area contributed by atoms with Crippen LogP contribution in [0.25, 0.3) is 0 Å². The van der Waals surface area contributed by atoms with Gasteiger partial charge in [0.1, 0.15) is 0 Å². The average Bonchev–Trinajstić information content (AvgIpc) is 2.40. The zero-order chi connectivity index (χ0) is 16.8. The number of nitrogens with one attached hydrogen (secondary N) is 1. The Hall–Kier alpha value is -1.40. The van der Waals surface area contributed by atoms with Crippen molar-refractivity contribution < 1.29 is 13.2 Å². The summed E-state index contributed by atoms with van der Waals surface area (Å²) in [6.45, 7) is 6.19. The lowest BCUT2D eigenvalue weighted by atomic mass is 10.1. The van der Waals surface area contributed by atoms with Gasteiger partial charge in [0.25, 0.3) is 0 Å². The molecule has 1 aromatic rings. The third-order valence-electron chi connectivity index (χ3n) is 3.46. The Balaban J connectivity index is 2.70. The van der Waals surface area contributed by atoms with Crippen LogP contribution in [0.2, 0.25) is 0 Å². The van der Waals surface area contributed by atoms with E-state index < -0.39 is 10.0 Å². The van der Waals surface area contributed by atoms with Crippen LogP contribution in [0.5, 0.6) is 0 Å². The number of hydrogen-bond donors (Lipinski definition) is 1. The zero-order valence-corrected chi connectivity index (χ0v) is 14.7. The molecule has 1 rings (SSSR count). The molecule has 1 N–H and O–H groups in total. The van der Waals surface area contributed by atoms with E-state index in [0.717, 1.165) is 42.3 Å². The van der Waals surface area contributed by atoms with Crippen LogP contribution in [0.3, 0.4) is 0 Å². The highest BCUT2D eigenvalue weighted by molar-refractivity contribution is 7.88. The Morgan fingerprint density at radius 1 is 1.23 bits per heavy atom. The van der Waals surface area contributed by atoms with Crippen molar-refractivity contribution in [1.29, 1.82) is 0 Å². The van der Waals surface area contributed by atoms with Crippen molar-refractivity contribution in [3.8, 4) is 0 Å². The third kappa shape index (κ3) is 6.15. The van der Waals surface area contributed by atoms with Crippen molar-refractivity contribution in [2.24, 2.45) is 0 Å². The molecular formula is C16H26N2O3S. The Labute approximate surface area is 133 Å². The van der Waals surface area contributed by atoms with Gasteiger partial charge in [0, 0.05) is 12.2 Å². The molecule has 0 saturated carbocycles. The predicted octanol–water partition coefficient (Wildman–Crippen LogP) is 2.69. The van der Waals surface area contributed by atoms with E-state index in [2.05, 4.69) is 12.2 Å². The second-order valence-corrected chi connectivity index (χ2v) is 7.65. The first kappa shape index (κ1) is 18.6. The van der Waals surface area contributed by atoms with Crippen LogP contribution in [-0.4, -0.2) is 38.0 Å². The smallest absolute Gasteiger partial charge is 0.239 e. The number of anilines is 1. The molecule has 0 bridgehead atoms. The molecule has 5 nitrogen and oxygen atoms in total. The fourth-order valence-electron chi connectivity index (χ4n) is 2.20. The van der Waals surface area contributed by atoms with E-state index in [9.17, 15) is 13.2 Å². The summed E-state index contributed by atoms with van der Waals surface area (Å²) >= 11 is 0. The third-order valence-corrected chi connectivity index (χ3v) is 4.71. The molecule has 6 heteroatoms. The van der Waals surface area contributed by atoms with Gasteiger partial charge < -0.3 is 5.32 Å². The normalized spacial score (nSPS) is 11.7. The summed E-state index contributed by atoms with van der Waals surface area (Å²) in [7, 11) is -3.38. The van der Waals surface area contributed by atoms with Crippen LogP contribution >= 0.6 is 0 Å². The number of amides is 1. The van der Waals surface area contributed by atoms with Crippen LogP contribution in [-0.2, 0) is 14.8 Å². The lowest BCUT2D eigenvalue weighted by molar-refractivity contribution is -0.116. The van der Waals surface area contributed by atoms with Crippen molar-refractivity contribution in [2.75, 3.05) is 24.7 Å². The van der Waals surface area contributed by atoms with Gasteiger partial charge in [0.15, 0.2) is 0 Å². The van der Waals surface area contributed by atoms with Crippen LogP contribution in [0.1, 0.15) is 37.3 Å². The summed E-state index contributed by atoms with van der Waals surface area (Å²) < 4.78 is 24.8. The van der Waals surface area contributed by atoms with E-state index in [1.807, 2.05) is 32.0 Å². The van der Waals surface area contributed by atoms with E-state index in [1.54, 1.807) is 0 Å². The zero-order valence-electron chi connectivity index (χ0n) is 13.8. The van der Waals surface area contributed by atoms with E-state index in [-0.39, 0.29) is 12.5 Å². The largest absolute Gasteiger partial charge is 0.325 e. The number of rotatable bonds is 8. The van der Waals surface area contributed by atoms with E-state index in [4.69, 9.17) is 0 Å². The first-order valence-corrected chi connectivity index (χ1v) is 9.41. The summed E-state index contributed by atoms with van der Waals surface area (Å²) in [5.41, 5.74) is 2.80. The summed E-state index contributed by atoms with van der Waals surface area (Å²) in [5, 5.41) is 2.79. The molecule has 0 aliphatic rings. The number of aryl methyl sites for hydroxylation is 2. The number of carbonyl (C=O) groups is 1. The molecule has 0 unspecified atom stereocenters. The molecular weight excluding hydrogens is 300 g/mol. The minimum atomic E-state index is -3.38. The minimum Gasteiger partial charge on any atom is -0.325 e. The number of hydrogen-bond acceptors (Lipinski definition) is 3. The topological polar surface area (TPSA) is 66.5 Å². The maximum absolute atomic E-state index is 12.1. The van der Waals surface area contributed by atoms with Gasteiger partial charge in [0.05, 0.1) is 12.8 Å². The molecule has 22 heavy (non-hydrogen) atoms. The van der Waals surface area contributed by atoms with Crippen molar-refractivity contribution in [2.45, 2.75) is 40.0 Å². The lowest BCUT2D eigenvalue weighted by Gasteiger charge is -2.19. The molecule has 0 radical (unpaired) electrons. The molecule has 0 aromatic heterocycles. The van der Waals surface area contributed by atoms with Gasteiger partial charge in [-0.2, -0.15) is 4.31 Å². The molecule has 0 fully saturated rings. The SMILES string of the molecule is CCCCCN(CC(=O)Nc1ccc(C)cc1C)S(C)(=O)=O. The van der Waals surface area contributed by atoms with E-state index in [1.165, 1.54) is 4.31 Å². The highest BCUT2D eigenvalue weighted by atomic mass is 32.2. The van der Waals surface area contributed by atoms with Crippen molar-refractivity contribution in [3.63, 3.8) is 0 Å². The Bertz CT molecular complexity index is 612. The fourth-order valence-corrected chi connectivity index (χ4v) is 3.02.